The van der Waals surface area contributed by atoms with Crippen molar-refractivity contribution in [3.8, 4) is 0 Å². The molecule has 67 heavy (non-hydrogen) atoms. The van der Waals surface area contributed by atoms with Crippen molar-refractivity contribution in [1.82, 2.24) is 15.1 Å². The molecule has 0 saturated heterocycles. The molecule has 0 atom stereocenters. The van der Waals surface area contributed by atoms with Crippen LogP contribution in [0.25, 0.3) is 0 Å². The molecule has 0 aromatic rings. The van der Waals surface area contributed by atoms with E-state index in [0.29, 0.717) is 39.1 Å². The first-order chi connectivity index (χ1) is 32.1. The lowest BCUT2D eigenvalue weighted by Gasteiger charge is -2.30. The minimum Gasteiger partial charge on any atom is -0.466 e. The van der Waals surface area contributed by atoms with E-state index in [-0.39, 0.29) is 24.6 Å². The fourth-order valence-electron chi connectivity index (χ4n) is 8.22. The molecule has 0 fully saturated rings. The Morgan fingerprint density at radius 2 is 0.866 bits per heavy atom. The highest BCUT2D eigenvalue weighted by Gasteiger charge is 2.24. The highest BCUT2D eigenvalue weighted by molar-refractivity contribution is 5.70. The van der Waals surface area contributed by atoms with Gasteiger partial charge in [-0.1, -0.05) is 162 Å². The number of carbonyl (C=O) groups excluding carboxylic acids is 4. The Morgan fingerprint density at radius 1 is 0.448 bits per heavy atom. The van der Waals surface area contributed by atoms with Crippen molar-refractivity contribution >= 4 is 24.1 Å². The van der Waals surface area contributed by atoms with Crippen LogP contribution in [-0.4, -0.2) is 97.1 Å². The molecule has 0 aromatic heterocycles. The van der Waals surface area contributed by atoms with E-state index in [9.17, 15) is 19.2 Å². The van der Waals surface area contributed by atoms with E-state index in [1.54, 1.807) is 4.90 Å². The van der Waals surface area contributed by atoms with Gasteiger partial charge in [0.15, 0.2) is 0 Å². The number of rotatable bonds is 45. The molecule has 2 amide bonds. The van der Waals surface area contributed by atoms with Gasteiger partial charge in [0.1, 0.15) is 17.3 Å². The zero-order chi connectivity index (χ0) is 49.9. The summed E-state index contributed by atoms with van der Waals surface area (Å²) >= 11 is 0. The second-order valence-corrected chi connectivity index (χ2v) is 21.3. The smallest absolute Gasteiger partial charge is 0.410 e. The van der Waals surface area contributed by atoms with E-state index in [4.69, 9.17) is 18.9 Å². The van der Waals surface area contributed by atoms with E-state index in [2.05, 4.69) is 31.0 Å². The molecule has 1 N–H and O–H groups in total. The third-order valence-corrected chi connectivity index (χ3v) is 12.2. The van der Waals surface area contributed by atoms with E-state index in [1.165, 1.54) is 96.3 Å². The maximum absolute atomic E-state index is 13.3. The van der Waals surface area contributed by atoms with Gasteiger partial charge in [-0.2, -0.15) is 0 Å². The average Bonchev–Trinajstić information content (AvgIpc) is 3.25. The summed E-state index contributed by atoms with van der Waals surface area (Å²) in [5, 5.41) is 2.79. The van der Waals surface area contributed by atoms with Crippen molar-refractivity contribution in [2.75, 3.05) is 45.9 Å². The molecule has 0 aliphatic heterocycles. The Balaban J connectivity index is 5.09. The zero-order valence-corrected chi connectivity index (χ0v) is 45.5. The Labute approximate surface area is 413 Å². The third-order valence-electron chi connectivity index (χ3n) is 12.2. The Kier molecular flexibility index (Phi) is 41.8. The van der Waals surface area contributed by atoms with Gasteiger partial charge in [-0.05, 0) is 112 Å². The monoisotopic (exact) mass is 952 g/mol. The number of hydrogen-bond acceptors (Lipinski definition) is 9. The Bertz CT molecular complexity index is 1170. The lowest BCUT2D eigenvalue weighted by molar-refractivity contribution is -0.150. The highest BCUT2D eigenvalue weighted by Crippen LogP contribution is 2.19. The van der Waals surface area contributed by atoms with E-state index >= 15 is 0 Å². The predicted octanol–water partition coefficient (Wildman–Crippen LogP) is 15.4. The largest absolute Gasteiger partial charge is 0.466 e. The molecule has 11 heteroatoms. The third kappa shape index (κ3) is 45.6. The molecule has 0 rings (SSSR count). The van der Waals surface area contributed by atoms with Gasteiger partial charge >= 0.3 is 24.1 Å². The van der Waals surface area contributed by atoms with Crippen LogP contribution in [0.2, 0.25) is 0 Å². The summed E-state index contributed by atoms with van der Waals surface area (Å²) in [6.45, 7) is 21.9. The van der Waals surface area contributed by atoms with Crippen molar-refractivity contribution < 1.29 is 38.1 Å². The molecule has 0 spiro atoms. The van der Waals surface area contributed by atoms with Crippen molar-refractivity contribution in [3.05, 3.63) is 0 Å². The van der Waals surface area contributed by atoms with Crippen molar-refractivity contribution in [2.45, 2.75) is 292 Å². The van der Waals surface area contributed by atoms with E-state index in [1.807, 2.05) is 41.5 Å². The number of nitrogens with zero attached hydrogens (tertiary/aromatic N) is 2. The van der Waals surface area contributed by atoms with Gasteiger partial charge in [0.25, 0.3) is 0 Å². The zero-order valence-electron chi connectivity index (χ0n) is 45.5. The van der Waals surface area contributed by atoms with Gasteiger partial charge in [-0.3, -0.25) is 9.59 Å². The van der Waals surface area contributed by atoms with Crippen LogP contribution in [0.1, 0.15) is 274 Å². The number of carbonyl (C=O) groups is 4. The van der Waals surface area contributed by atoms with Crippen LogP contribution < -0.4 is 5.32 Å². The molecule has 0 heterocycles. The standard InChI is InChI=1S/C56H109N3O8/c1-10-13-16-19-22-31-38-49-64-51(60)41-34-27-23-29-36-44-58(47-48-59(54(63)67-56(7,8)9)46-43-57-53(62)66-55(4,5)6)45-37-30-24-28-35-42-52(61)65-50(39-32-25-20-17-14-11-2)40-33-26-21-18-15-12-3/h50H,10-49H2,1-9H3,(H,57,62). The van der Waals surface area contributed by atoms with Gasteiger partial charge in [-0.15, -0.1) is 0 Å². The summed E-state index contributed by atoms with van der Waals surface area (Å²) in [6.07, 6.45) is 35.8. The van der Waals surface area contributed by atoms with E-state index < -0.39 is 23.4 Å². The van der Waals surface area contributed by atoms with Crippen molar-refractivity contribution in [3.63, 3.8) is 0 Å². The van der Waals surface area contributed by atoms with Crippen LogP contribution in [-0.2, 0) is 28.5 Å². The van der Waals surface area contributed by atoms with Gasteiger partial charge in [0, 0.05) is 39.0 Å². The van der Waals surface area contributed by atoms with Crippen molar-refractivity contribution in [1.29, 1.82) is 0 Å². The Morgan fingerprint density at radius 3 is 1.34 bits per heavy atom. The van der Waals surface area contributed by atoms with Gasteiger partial charge in [0.05, 0.1) is 6.61 Å². The minimum atomic E-state index is -0.641. The first-order valence-corrected chi connectivity index (χ1v) is 28.1. The molecule has 11 nitrogen and oxygen atoms in total. The maximum atomic E-state index is 13.3. The van der Waals surface area contributed by atoms with Crippen LogP contribution in [0.3, 0.4) is 0 Å². The lowest BCUT2D eigenvalue weighted by atomic mass is 10.0. The van der Waals surface area contributed by atoms with Crippen LogP contribution in [0.15, 0.2) is 0 Å². The SMILES string of the molecule is CCCCCCCCCOC(=O)CCCCCCCN(CCCCCCCC(=O)OC(CCCCCCCC)CCCCCCCC)CCN(CCNC(=O)OC(C)(C)C)C(=O)OC(C)(C)C. The average molecular weight is 953 g/mol. The summed E-state index contributed by atoms with van der Waals surface area (Å²) < 4.78 is 22.8. The molecule has 396 valence electrons. The number of hydrogen-bond donors (Lipinski definition) is 1. The van der Waals surface area contributed by atoms with Gasteiger partial charge in [-0.25, -0.2) is 9.59 Å². The number of alkyl carbamates (subject to hydrolysis) is 1. The summed E-state index contributed by atoms with van der Waals surface area (Å²) in [4.78, 5) is 55.1. The molecule has 0 aromatic carbocycles. The van der Waals surface area contributed by atoms with Crippen molar-refractivity contribution in [2.24, 2.45) is 0 Å². The molecule has 0 radical (unpaired) electrons. The molecule has 0 unspecified atom stereocenters. The maximum Gasteiger partial charge on any atom is 0.410 e. The van der Waals surface area contributed by atoms with Crippen LogP contribution in [0.4, 0.5) is 9.59 Å². The molecular weight excluding hydrogens is 843 g/mol. The lowest BCUT2D eigenvalue weighted by Crippen LogP contribution is -2.45. The van der Waals surface area contributed by atoms with Gasteiger partial charge in [0.2, 0.25) is 0 Å². The number of ether oxygens (including phenoxy) is 4. The normalized spacial score (nSPS) is 11.9. The summed E-state index contributed by atoms with van der Waals surface area (Å²) in [7, 11) is 0. The second-order valence-electron chi connectivity index (χ2n) is 21.3. The molecule has 0 aliphatic rings. The van der Waals surface area contributed by atoms with Crippen LogP contribution in [0.5, 0.6) is 0 Å². The number of unbranched alkanes of at least 4 members (excludes halogenated alkanes) is 24. The van der Waals surface area contributed by atoms with Gasteiger partial charge < -0.3 is 34.1 Å². The highest BCUT2D eigenvalue weighted by atomic mass is 16.6. The molecule has 0 aliphatic carbocycles. The summed E-state index contributed by atoms with van der Waals surface area (Å²) in [5.41, 5.74) is -1.25. The molecule has 0 bridgehead atoms. The van der Waals surface area contributed by atoms with Crippen LogP contribution >= 0.6 is 0 Å². The topological polar surface area (TPSA) is 124 Å². The van der Waals surface area contributed by atoms with Crippen LogP contribution in [0, 0.1) is 0 Å². The summed E-state index contributed by atoms with van der Waals surface area (Å²) in [5.74, 6) is -0.0955. The number of nitrogens with one attached hydrogen (secondary N) is 1. The second kappa shape index (κ2) is 43.5. The van der Waals surface area contributed by atoms with E-state index in [0.717, 1.165) is 116 Å². The predicted molar refractivity (Wildman–Crippen MR) is 279 cm³/mol. The minimum absolute atomic E-state index is 0.0253. The fourth-order valence-corrected chi connectivity index (χ4v) is 8.22. The summed E-state index contributed by atoms with van der Waals surface area (Å²) in [6, 6.07) is 0. The number of esters is 2. The fraction of sp³-hybridized carbons (Fsp3) is 0.929. The quantitative estimate of drug-likeness (QED) is 0.0361. The Hall–Kier alpha value is -2.56. The molecular formula is C56H109N3O8. The number of amides is 2. The molecule has 0 saturated carbocycles. The first-order valence-electron chi connectivity index (χ1n) is 28.1. The first kappa shape index (κ1) is 64.4.